The summed E-state index contributed by atoms with van der Waals surface area (Å²) in [6, 6.07) is 18.9. The van der Waals surface area contributed by atoms with Crippen LogP contribution in [0.3, 0.4) is 0 Å². The van der Waals surface area contributed by atoms with Crippen molar-refractivity contribution in [1.82, 2.24) is 0 Å². The molecule has 3 aromatic carbocycles. The molecular formula is C38H52NO7PS. The molecule has 0 fully saturated rings. The molecule has 0 bridgehead atoms. The Morgan fingerprint density at radius 2 is 1.44 bits per heavy atom. The zero-order chi connectivity index (χ0) is 33.9. The van der Waals surface area contributed by atoms with Gasteiger partial charge in [0.2, 0.25) is 5.51 Å². The van der Waals surface area contributed by atoms with Gasteiger partial charge >= 0.3 is 7.82 Å². The number of rotatable bonds is 25. The fourth-order valence-electron chi connectivity index (χ4n) is 5.51. The third-order valence-corrected chi connectivity index (χ3v) is 9.82. The molecule has 0 amide bonds. The lowest BCUT2D eigenvalue weighted by atomic mass is 10.1. The maximum absolute atomic E-state index is 12.7. The predicted octanol–water partition coefficient (Wildman–Crippen LogP) is 9.27. The van der Waals surface area contributed by atoms with E-state index < -0.39 is 13.9 Å². The van der Waals surface area contributed by atoms with Gasteiger partial charge < -0.3 is 28.2 Å². The van der Waals surface area contributed by atoms with E-state index >= 15 is 0 Å². The van der Waals surface area contributed by atoms with E-state index in [-0.39, 0.29) is 19.0 Å². The van der Waals surface area contributed by atoms with Gasteiger partial charge in [-0.1, -0.05) is 125 Å². The van der Waals surface area contributed by atoms with E-state index in [4.69, 9.17) is 23.3 Å². The quantitative estimate of drug-likeness (QED) is 0.0387. The summed E-state index contributed by atoms with van der Waals surface area (Å²) in [6.45, 7) is 3.28. The van der Waals surface area contributed by atoms with E-state index in [0.29, 0.717) is 24.7 Å². The van der Waals surface area contributed by atoms with Gasteiger partial charge in [0.05, 0.1) is 18.6 Å². The zero-order valence-electron chi connectivity index (χ0n) is 28.6. The summed E-state index contributed by atoms with van der Waals surface area (Å²) >= 11 is 1.59. The van der Waals surface area contributed by atoms with Crippen molar-refractivity contribution in [3.63, 3.8) is 0 Å². The summed E-state index contributed by atoms with van der Waals surface area (Å²) in [7, 11) is -3.17. The SMILES string of the molecule is CCCCCCCCCCCCCCOc1cc2ccccc2cc1OCC(COP(=O)([O-])Oc1cccc(C[n+]2ccsc2)c1)OC. The third-order valence-electron chi connectivity index (χ3n) is 8.25. The van der Waals surface area contributed by atoms with Crippen LogP contribution in [0.4, 0.5) is 0 Å². The first-order valence-corrected chi connectivity index (χ1v) is 19.8. The summed E-state index contributed by atoms with van der Waals surface area (Å²) < 4.78 is 43.0. The Bertz CT molecular complexity index is 1520. The molecule has 4 aromatic rings. The fourth-order valence-corrected chi connectivity index (χ4v) is 6.88. The zero-order valence-corrected chi connectivity index (χ0v) is 30.3. The number of unbranched alkanes of at least 4 members (excludes halogenated alkanes) is 11. The number of fused-ring (bicyclic) bond motifs is 1. The lowest BCUT2D eigenvalue weighted by molar-refractivity contribution is -0.683. The number of phosphoric ester groups is 1. The minimum absolute atomic E-state index is 0.0666. The first-order valence-electron chi connectivity index (χ1n) is 17.4. The Morgan fingerprint density at radius 3 is 2.06 bits per heavy atom. The molecule has 0 saturated carbocycles. The first kappa shape index (κ1) is 37.9. The summed E-state index contributed by atoms with van der Waals surface area (Å²) in [5.74, 6) is 1.43. The summed E-state index contributed by atoms with van der Waals surface area (Å²) in [5, 5.41) is 4.06. The normalized spacial score (nSPS) is 13.3. The number of nitrogens with zero attached hydrogens (tertiary/aromatic N) is 1. The van der Waals surface area contributed by atoms with Crippen LogP contribution in [0.1, 0.15) is 89.5 Å². The number of methoxy groups -OCH3 is 1. The van der Waals surface area contributed by atoms with Crippen LogP contribution >= 0.6 is 19.2 Å². The standard InChI is InChI=1S/C38H52NO7PS/c1-3-4-5-6-7-8-9-10-11-12-13-16-23-43-37-26-33-19-14-15-20-34(33)27-38(37)44-29-36(42-2)30-45-47(40,41)46-35-21-17-18-32(25-35)28-39-22-24-48-31-39/h14-15,17-22,24-27,31,36H,3-13,16,23,28-30H2,1-2H3. The number of aromatic nitrogens is 1. The Kier molecular flexibility index (Phi) is 16.7. The first-order chi connectivity index (χ1) is 23.5. The predicted molar refractivity (Wildman–Crippen MR) is 191 cm³/mol. The molecule has 0 aliphatic heterocycles. The number of hydrogen-bond acceptors (Lipinski definition) is 8. The van der Waals surface area contributed by atoms with Gasteiger partial charge in [0.15, 0.2) is 24.2 Å². The van der Waals surface area contributed by atoms with Crippen molar-refractivity contribution < 1.29 is 37.3 Å². The Hall–Kier alpha value is -2.94. The van der Waals surface area contributed by atoms with Crippen molar-refractivity contribution in [2.45, 2.75) is 96.6 Å². The van der Waals surface area contributed by atoms with Gasteiger partial charge in [-0.05, 0) is 41.5 Å². The van der Waals surface area contributed by atoms with E-state index in [1.807, 2.05) is 64.1 Å². The molecule has 0 radical (unpaired) electrons. The smallest absolute Gasteiger partial charge is 0.319 e. The van der Waals surface area contributed by atoms with Crippen LogP contribution in [0.25, 0.3) is 10.8 Å². The van der Waals surface area contributed by atoms with E-state index in [9.17, 15) is 9.46 Å². The van der Waals surface area contributed by atoms with Crippen molar-refractivity contribution in [2.24, 2.45) is 0 Å². The molecule has 10 heteroatoms. The maximum atomic E-state index is 12.7. The summed E-state index contributed by atoms with van der Waals surface area (Å²) in [5.41, 5.74) is 2.89. The van der Waals surface area contributed by atoms with E-state index in [0.717, 1.165) is 29.2 Å². The van der Waals surface area contributed by atoms with Crippen LogP contribution < -0.4 is 23.5 Å². The third kappa shape index (κ3) is 13.9. The summed E-state index contributed by atoms with van der Waals surface area (Å²) in [6.07, 6.45) is 16.8. The molecule has 1 heterocycles. The Balaban J connectivity index is 1.22. The highest BCUT2D eigenvalue weighted by atomic mass is 32.1. The molecule has 0 aliphatic rings. The lowest BCUT2D eigenvalue weighted by Gasteiger charge is -2.26. The highest BCUT2D eigenvalue weighted by molar-refractivity contribution is 7.46. The highest BCUT2D eigenvalue weighted by Gasteiger charge is 2.19. The van der Waals surface area contributed by atoms with Gasteiger partial charge in [0.1, 0.15) is 18.5 Å². The fraction of sp³-hybridized carbons (Fsp3) is 0.500. The minimum atomic E-state index is -4.66. The van der Waals surface area contributed by atoms with Crippen LogP contribution in [0, 0.1) is 0 Å². The average Bonchev–Trinajstić information content (AvgIpc) is 3.60. The van der Waals surface area contributed by atoms with Crippen LogP contribution in [0.15, 0.2) is 77.8 Å². The van der Waals surface area contributed by atoms with Crippen molar-refractivity contribution in [3.05, 3.63) is 83.3 Å². The van der Waals surface area contributed by atoms with Crippen LogP contribution in [-0.2, 0) is 20.4 Å². The van der Waals surface area contributed by atoms with Crippen LogP contribution in [0.2, 0.25) is 0 Å². The molecule has 262 valence electrons. The molecule has 2 unspecified atom stereocenters. The topological polar surface area (TPSA) is 90.2 Å². The number of phosphoric acid groups is 1. The van der Waals surface area contributed by atoms with Gasteiger partial charge in [-0.2, -0.15) is 4.57 Å². The summed E-state index contributed by atoms with van der Waals surface area (Å²) in [4.78, 5) is 12.7. The number of thiazole rings is 1. The second-order valence-corrected chi connectivity index (χ2v) is 14.3. The van der Waals surface area contributed by atoms with Gasteiger partial charge in [0.25, 0.3) is 0 Å². The number of hydrogen-bond donors (Lipinski definition) is 0. The molecule has 0 saturated heterocycles. The van der Waals surface area contributed by atoms with Crippen molar-refractivity contribution in [2.75, 3.05) is 26.9 Å². The Morgan fingerprint density at radius 1 is 0.792 bits per heavy atom. The van der Waals surface area contributed by atoms with Crippen LogP contribution in [0.5, 0.6) is 17.2 Å². The van der Waals surface area contributed by atoms with Crippen molar-refractivity contribution in [3.8, 4) is 17.2 Å². The lowest BCUT2D eigenvalue weighted by Crippen LogP contribution is -2.30. The van der Waals surface area contributed by atoms with Gasteiger partial charge in [-0.15, -0.1) is 0 Å². The van der Waals surface area contributed by atoms with Crippen molar-refractivity contribution in [1.29, 1.82) is 0 Å². The van der Waals surface area contributed by atoms with Crippen molar-refractivity contribution >= 4 is 29.9 Å². The van der Waals surface area contributed by atoms with E-state index in [1.165, 1.54) is 71.3 Å². The van der Waals surface area contributed by atoms with E-state index in [2.05, 4.69) is 6.92 Å². The Labute approximate surface area is 290 Å². The second kappa shape index (κ2) is 21.2. The molecule has 48 heavy (non-hydrogen) atoms. The van der Waals surface area contributed by atoms with Crippen LogP contribution in [-0.4, -0.2) is 33.0 Å². The molecule has 0 aliphatic carbocycles. The molecule has 0 N–H and O–H groups in total. The molecule has 8 nitrogen and oxygen atoms in total. The van der Waals surface area contributed by atoms with Gasteiger partial charge in [-0.3, -0.25) is 4.57 Å². The molecule has 0 spiro atoms. The minimum Gasteiger partial charge on any atom is -0.746 e. The number of benzene rings is 3. The maximum Gasteiger partial charge on any atom is 0.319 e. The van der Waals surface area contributed by atoms with Gasteiger partial charge in [0, 0.05) is 12.7 Å². The average molecular weight is 698 g/mol. The molecule has 2 atom stereocenters. The monoisotopic (exact) mass is 697 g/mol. The van der Waals surface area contributed by atoms with Gasteiger partial charge in [-0.25, -0.2) is 0 Å². The molecule has 4 rings (SSSR count). The largest absolute Gasteiger partial charge is 0.746 e. The van der Waals surface area contributed by atoms with E-state index in [1.54, 1.807) is 29.5 Å². The molecule has 1 aromatic heterocycles. The number of ether oxygens (including phenoxy) is 3. The highest BCUT2D eigenvalue weighted by Crippen LogP contribution is 2.40. The second-order valence-electron chi connectivity index (χ2n) is 12.2. The molecular weight excluding hydrogens is 645 g/mol.